The number of aromatic nitrogens is 2. The second-order valence-electron chi connectivity index (χ2n) is 10.1. The summed E-state index contributed by atoms with van der Waals surface area (Å²) in [5.74, 6) is -5.25. The Morgan fingerprint density at radius 3 is 2.55 bits per heavy atom. The van der Waals surface area contributed by atoms with E-state index in [9.17, 15) is 23.2 Å². The minimum atomic E-state index is -1.07. The molecule has 2 aromatic carbocycles. The van der Waals surface area contributed by atoms with Crippen molar-refractivity contribution in [1.29, 1.82) is 0 Å². The van der Waals surface area contributed by atoms with Gasteiger partial charge in [0.05, 0.1) is 18.3 Å². The van der Waals surface area contributed by atoms with Gasteiger partial charge in [0.25, 0.3) is 5.91 Å². The molecule has 3 heterocycles. The van der Waals surface area contributed by atoms with E-state index < -0.39 is 58.5 Å². The molecule has 0 radical (unpaired) electrons. The van der Waals surface area contributed by atoms with Gasteiger partial charge in [0.15, 0.2) is 17.3 Å². The Kier molecular flexibility index (Phi) is 6.81. The van der Waals surface area contributed by atoms with E-state index in [0.29, 0.717) is 24.9 Å². The maximum atomic E-state index is 15.3. The van der Waals surface area contributed by atoms with Crippen LogP contribution in [0.25, 0.3) is 0 Å². The maximum Gasteiger partial charge on any atom is 0.311 e. The number of hydrogen-bond donors (Lipinski definition) is 0. The molecule has 1 fully saturated rings. The lowest BCUT2D eigenvalue weighted by Crippen LogP contribution is -2.51. The van der Waals surface area contributed by atoms with Crippen molar-refractivity contribution in [2.45, 2.75) is 51.1 Å². The quantitative estimate of drug-likeness (QED) is 0.440. The Morgan fingerprint density at radius 1 is 1.11 bits per heavy atom. The molecular weight excluding hydrogens is 499 g/mol. The molecular formula is C28H26F3N3O4. The standard InChI is InChI=1S/C28H26F3N3O4/c1-15(2)13-22(36)38-27-21(35)14-32-34-25(20-7-4-12-33(20)28(37)26(27)34)23(16-8-10-17(29)11-9-16)18-5-3-6-19(30)24(18)31/h3,5-6,8-11,14-15,20,23,25H,4,7,12-13H2,1-2H3/t20-,23?,25-/m1/s1. The molecule has 5 rings (SSSR count). The summed E-state index contributed by atoms with van der Waals surface area (Å²) in [6.07, 6.45) is 2.16. The van der Waals surface area contributed by atoms with E-state index in [2.05, 4.69) is 5.10 Å². The number of esters is 1. The molecule has 1 aromatic heterocycles. The average Bonchev–Trinajstić information content (AvgIpc) is 3.36. The van der Waals surface area contributed by atoms with Crippen molar-refractivity contribution in [2.75, 3.05) is 6.54 Å². The Morgan fingerprint density at radius 2 is 1.84 bits per heavy atom. The van der Waals surface area contributed by atoms with Crippen LogP contribution in [0.3, 0.4) is 0 Å². The largest absolute Gasteiger partial charge is 0.420 e. The first-order valence-electron chi connectivity index (χ1n) is 12.5. The predicted molar refractivity (Wildman–Crippen MR) is 131 cm³/mol. The van der Waals surface area contributed by atoms with E-state index in [1.807, 2.05) is 13.8 Å². The molecule has 3 aromatic rings. The summed E-state index contributed by atoms with van der Waals surface area (Å²) in [6.45, 7) is 3.99. The van der Waals surface area contributed by atoms with Crippen LogP contribution in [0.5, 0.6) is 5.75 Å². The molecule has 2 aliphatic rings. The zero-order valence-electron chi connectivity index (χ0n) is 20.9. The van der Waals surface area contributed by atoms with E-state index >= 15 is 4.39 Å². The number of amides is 1. The number of halogens is 3. The fourth-order valence-corrected chi connectivity index (χ4v) is 5.51. The topological polar surface area (TPSA) is 81.5 Å². The molecule has 1 amide bonds. The van der Waals surface area contributed by atoms with Gasteiger partial charge >= 0.3 is 5.97 Å². The Labute approximate surface area is 216 Å². The lowest BCUT2D eigenvalue weighted by atomic mass is 9.79. The number of benzene rings is 2. The van der Waals surface area contributed by atoms with Crippen LogP contribution in [0.15, 0.2) is 53.5 Å². The summed E-state index contributed by atoms with van der Waals surface area (Å²) in [5, 5.41) is 4.26. The van der Waals surface area contributed by atoms with Gasteiger partial charge in [-0.3, -0.25) is 14.4 Å². The van der Waals surface area contributed by atoms with Gasteiger partial charge in [-0.1, -0.05) is 38.1 Å². The first kappa shape index (κ1) is 25.7. The second-order valence-corrected chi connectivity index (χ2v) is 10.1. The summed E-state index contributed by atoms with van der Waals surface area (Å²) < 4.78 is 50.4. The summed E-state index contributed by atoms with van der Waals surface area (Å²) in [4.78, 5) is 40.6. The lowest BCUT2D eigenvalue weighted by molar-refractivity contribution is -0.135. The number of rotatable bonds is 6. The van der Waals surface area contributed by atoms with Crippen molar-refractivity contribution < 1.29 is 27.5 Å². The SMILES string of the molecule is CC(C)CC(=O)Oc1c2n(ncc1=O)[C@@H](C(c1ccc(F)cc1)c1cccc(F)c1F)[C@H]1CCCN1C2=O. The van der Waals surface area contributed by atoms with Crippen molar-refractivity contribution in [3.63, 3.8) is 0 Å². The van der Waals surface area contributed by atoms with Crippen molar-refractivity contribution in [1.82, 2.24) is 14.7 Å². The third-order valence-electron chi connectivity index (χ3n) is 7.08. The monoisotopic (exact) mass is 525 g/mol. The Balaban J connectivity index is 1.75. The van der Waals surface area contributed by atoms with Crippen molar-refractivity contribution >= 4 is 11.9 Å². The highest BCUT2D eigenvalue weighted by Gasteiger charge is 2.49. The van der Waals surface area contributed by atoms with E-state index in [1.54, 1.807) is 4.90 Å². The van der Waals surface area contributed by atoms with Crippen LogP contribution in [0, 0.1) is 23.4 Å². The van der Waals surface area contributed by atoms with Gasteiger partial charge in [-0.25, -0.2) is 17.9 Å². The van der Waals surface area contributed by atoms with Crippen LogP contribution in [-0.2, 0) is 4.79 Å². The molecule has 0 spiro atoms. The van der Waals surface area contributed by atoms with Gasteiger partial charge in [0, 0.05) is 24.4 Å². The van der Waals surface area contributed by atoms with E-state index in [1.165, 1.54) is 41.1 Å². The van der Waals surface area contributed by atoms with Crippen LogP contribution in [-0.4, -0.2) is 39.1 Å². The Hall–Kier alpha value is -3.95. The minimum absolute atomic E-state index is 0.00684. The minimum Gasteiger partial charge on any atom is -0.420 e. The second kappa shape index (κ2) is 10.1. The van der Waals surface area contributed by atoms with E-state index in [-0.39, 0.29) is 23.6 Å². The van der Waals surface area contributed by atoms with Gasteiger partial charge in [-0.05, 0) is 42.5 Å². The van der Waals surface area contributed by atoms with Crippen LogP contribution >= 0.6 is 0 Å². The number of carbonyl (C=O) groups excluding carboxylic acids is 2. The van der Waals surface area contributed by atoms with Crippen LogP contribution in [0.2, 0.25) is 0 Å². The maximum absolute atomic E-state index is 15.3. The molecule has 0 aliphatic carbocycles. The van der Waals surface area contributed by atoms with Crippen LogP contribution in [0.4, 0.5) is 13.2 Å². The highest BCUT2D eigenvalue weighted by molar-refractivity contribution is 5.97. The number of hydrogen-bond acceptors (Lipinski definition) is 5. The highest BCUT2D eigenvalue weighted by atomic mass is 19.2. The molecule has 7 nitrogen and oxygen atoms in total. The molecule has 198 valence electrons. The molecule has 2 aliphatic heterocycles. The predicted octanol–water partition coefficient (Wildman–Crippen LogP) is 4.60. The summed E-state index contributed by atoms with van der Waals surface area (Å²) >= 11 is 0. The van der Waals surface area contributed by atoms with Crippen molar-refractivity contribution in [3.8, 4) is 5.75 Å². The normalized spacial score (nSPS) is 19.3. The molecule has 3 atom stereocenters. The van der Waals surface area contributed by atoms with Crippen molar-refractivity contribution in [2.24, 2.45) is 5.92 Å². The fraction of sp³-hybridized carbons (Fsp3) is 0.357. The number of fused-ring (bicyclic) bond motifs is 2. The molecule has 10 heteroatoms. The molecule has 0 N–H and O–H groups in total. The van der Waals surface area contributed by atoms with E-state index in [4.69, 9.17) is 4.74 Å². The third kappa shape index (κ3) is 4.48. The lowest BCUT2D eigenvalue weighted by Gasteiger charge is -2.42. The molecule has 0 saturated carbocycles. The molecule has 1 saturated heterocycles. The van der Waals surface area contributed by atoms with E-state index in [0.717, 1.165) is 12.3 Å². The Bertz CT molecular complexity index is 1450. The first-order chi connectivity index (χ1) is 18.2. The summed E-state index contributed by atoms with van der Waals surface area (Å²) in [7, 11) is 0. The average molecular weight is 526 g/mol. The zero-order chi connectivity index (χ0) is 27.1. The van der Waals surface area contributed by atoms with Crippen LogP contribution in [0.1, 0.15) is 66.7 Å². The highest BCUT2D eigenvalue weighted by Crippen LogP contribution is 2.46. The number of carbonyl (C=O) groups is 2. The van der Waals surface area contributed by atoms with Gasteiger partial charge in [0.2, 0.25) is 11.2 Å². The third-order valence-corrected chi connectivity index (χ3v) is 7.08. The number of nitrogens with zero attached hydrogens (tertiary/aromatic N) is 3. The van der Waals surface area contributed by atoms with Gasteiger partial charge < -0.3 is 9.64 Å². The van der Waals surface area contributed by atoms with Gasteiger partial charge in [-0.2, -0.15) is 5.10 Å². The van der Waals surface area contributed by atoms with Gasteiger partial charge in [0.1, 0.15) is 5.82 Å². The zero-order valence-corrected chi connectivity index (χ0v) is 20.9. The molecule has 38 heavy (non-hydrogen) atoms. The molecule has 1 unspecified atom stereocenters. The smallest absolute Gasteiger partial charge is 0.311 e. The number of ether oxygens (including phenoxy) is 1. The summed E-state index contributed by atoms with van der Waals surface area (Å²) in [5.41, 5.74) is -0.505. The van der Waals surface area contributed by atoms with Gasteiger partial charge in [-0.15, -0.1) is 0 Å². The summed E-state index contributed by atoms with van der Waals surface area (Å²) in [6, 6.07) is 7.92. The van der Waals surface area contributed by atoms with Crippen molar-refractivity contribution in [3.05, 3.63) is 93.2 Å². The fourth-order valence-electron chi connectivity index (χ4n) is 5.51. The first-order valence-corrected chi connectivity index (χ1v) is 12.5. The molecule has 0 bridgehead atoms. The van der Waals surface area contributed by atoms with Crippen LogP contribution < -0.4 is 10.2 Å².